The van der Waals surface area contributed by atoms with Crippen LogP contribution in [0.4, 0.5) is 0 Å². The maximum absolute atomic E-state index is 5.65. The van der Waals surface area contributed by atoms with E-state index in [-0.39, 0.29) is 0 Å². The Kier molecular flexibility index (Phi) is 2.96. The molecule has 1 N–H and O–H groups in total. The maximum Gasteiger partial charge on any atom is 0.197 e. The topological polar surface area (TPSA) is 38.1 Å². The third-order valence-corrected chi connectivity index (χ3v) is 3.91. The fourth-order valence-electron chi connectivity index (χ4n) is 2.93. The second kappa shape index (κ2) is 4.58. The zero-order valence-electron chi connectivity index (χ0n) is 9.74. The highest BCUT2D eigenvalue weighted by atomic mass is 16.3. The summed E-state index contributed by atoms with van der Waals surface area (Å²) in [6, 6.07) is 0.438. The van der Waals surface area contributed by atoms with Crippen LogP contribution in [0.3, 0.4) is 0 Å². The van der Waals surface area contributed by atoms with Crippen molar-refractivity contribution in [3.8, 4) is 0 Å². The average Bonchev–Trinajstić information content (AvgIpc) is 3.01. The van der Waals surface area contributed by atoms with E-state index in [4.69, 9.17) is 4.42 Å². The van der Waals surface area contributed by atoms with Crippen LogP contribution in [0.1, 0.15) is 68.5 Å². The molecule has 1 aromatic rings. The molecule has 0 spiro atoms. The highest BCUT2D eigenvalue weighted by molar-refractivity contribution is 5.07. The Bertz CT molecular complexity index is 335. The van der Waals surface area contributed by atoms with Gasteiger partial charge in [-0.1, -0.05) is 19.3 Å². The van der Waals surface area contributed by atoms with Crippen molar-refractivity contribution in [3.05, 3.63) is 17.8 Å². The molecule has 2 aliphatic rings. The highest BCUT2D eigenvalue weighted by Gasteiger charge is 2.24. The van der Waals surface area contributed by atoms with Crippen molar-refractivity contribution in [2.24, 2.45) is 0 Å². The van der Waals surface area contributed by atoms with Crippen molar-refractivity contribution < 1.29 is 4.42 Å². The molecule has 0 bridgehead atoms. The Balaban J connectivity index is 1.71. The van der Waals surface area contributed by atoms with E-state index in [1.807, 2.05) is 6.26 Å². The maximum atomic E-state index is 5.65. The van der Waals surface area contributed by atoms with Crippen molar-refractivity contribution in [2.45, 2.75) is 56.9 Å². The molecule has 1 aliphatic carbocycles. The molecule has 1 saturated carbocycles. The van der Waals surface area contributed by atoms with Gasteiger partial charge in [0.15, 0.2) is 5.89 Å². The normalized spacial score (nSPS) is 27.4. The lowest BCUT2D eigenvalue weighted by molar-refractivity contribution is 0.404. The Morgan fingerprint density at radius 2 is 1.94 bits per heavy atom. The van der Waals surface area contributed by atoms with Crippen molar-refractivity contribution in [1.82, 2.24) is 10.3 Å². The number of hydrogen-bond donors (Lipinski definition) is 1. The number of rotatable bonds is 2. The van der Waals surface area contributed by atoms with Gasteiger partial charge in [0.25, 0.3) is 0 Å². The molecule has 16 heavy (non-hydrogen) atoms. The first-order valence-corrected chi connectivity index (χ1v) is 6.62. The minimum atomic E-state index is 0.438. The molecule has 3 rings (SSSR count). The van der Waals surface area contributed by atoms with Crippen LogP contribution < -0.4 is 5.32 Å². The second-order valence-corrected chi connectivity index (χ2v) is 5.09. The summed E-state index contributed by atoms with van der Waals surface area (Å²) in [6.07, 6.45) is 10.9. The quantitative estimate of drug-likeness (QED) is 0.832. The van der Waals surface area contributed by atoms with E-state index in [9.17, 15) is 0 Å². The number of hydrogen-bond acceptors (Lipinski definition) is 3. The van der Waals surface area contributed by atoms with Crippen molar-refractivity contribution in [2.75, 3.05) is 6.54 Å². The summed E-state index contributed by atoms with van der Waals surface area (Å²) < 4.78 is 5.65. The van der Waals surface area contributed by atoms with E-state index in [0.717, 1.165) is 18.1 Å². The molecule has 0 radical (unpaired) electrons. The van der Waals surface area contributed by atoms with Gasteiger partial charge >= 0.3 is 0 Å². The van der Waals surface area contributed by atoms with Gasteiger partial charge in [0.1, 0.15) is 6.26 Å². The molecule has 2 fully saturated rings. The van der Waals surface area contributed by atoms with E-state index in [1.54, 1.807) is 0 Å². The van der Waals surface area contributed by atoms with Gasteiger partial charge < -0.3 is 9.73 Å². The molecule has 1 atom stereocenters. The zero-order valence-corrected chi connectivity index (χ0v) is 9.74. The summed E-state index contributed by atoms with van der Waals surface area (Å²) in [4.78, 5) is 4.69. The minimum absolute atomic E-state index is 0.438. The van der Waals surface area contributed by atoms with E-state index in [1.165, 1.54) is 44.9 Å². The van der Waals surface area contributed by atoms with Crippen LogP contribution in [-0.2, 0) is 0 Å². The molecular formula is C13H20N2O. The molecular weight excluding hydrogens is 200 g/mol. The van der Waals surface area contributed by atoms with Gasteiger partial charge in [-0.2, -0.15) is 0 Å². The van der Waals surface area contributed by atoms with E-state index in [2.05, 4.69) is 10.3 Å². The van der Waals surface area contributed by atoms with Gasteiger partial charge in [0.05, 0.1) is 11.7 Å². The number of nitrogens with one attached hydrogen (secondary N) is 1. The lowest BCUT2D eigenvalue weighted by atomic mass is 10.0. The Labute approximate surface area is 96.6 Å². The van der Waals surface area contributed by atoms with Crippen molar-refractivity contribution in [1.29, 1.82) is 0 Å². The monoisotopic (exact) mass is 220 g/mol. The van der Waals surface area contributed by atoms with Crippen LogP contribution in [-0.4, -0.2) is 11.5 Å². The van der Waals surface area contributed by atoms with Gasteiger partial charge in [-0.25, -0.2) is 4.98 Å². The lowest BCUT2D eigenvalue weighted by Gasteiger charge is -2.21. The smallest absolute Gasteiger partial charge is 0.197 e. The average molecular weight is 220 g/mol. The summed E-state index contributed by atoms with van der Waals surface area (Å²) in [5.41, 5.74) is 1.13. The van der Waals surface area contributed by atoms with Crippen LogP contribution in [0.2, 0.25) is 0 Å². The molecule has 1 aliphatic heterocycles. The highest BCUT2D eigenvalue weighted by Crippen LogP contribution is 2.34. The summed E-state index contributed by atoms with van der Waals surface area (Å²) in [7, 11) is 0. The molecule has 1 unspecified atom stereocenters. The van der Waals surface area contributed by atoms with E-state index < -0.39 is 0 Å². The summed E-state index contributed by atoms with van der Waals surface area (Å²) >= 11 is 0. The molecule has 1 saturated heterocycles. The Morgan fingerprint density at radius 1 is 1.12 bits per heavy atom. The van der Waals surface area contributed by atoms with Crippen LogP contribution in [0.5, 0.6) is 0 Å². The molecule has 0 aromatic carbocycles. The molecule has 0 amide bonds. The number of oxazole rings is 1. The third-order valence-electron chi connectivity index (χ3n) is 3.91. The predicted octanol–water partition coefficient (Wildman–Crippen LogP) is 3.15. The first-order chi connectivity index (χ1) is 7.93. The van der Waals surface area contributed by atoms with E-state index >= 15 is 0 Å². The van der Waals surface area contributed by atoms with Gasteiger partial charge in [-0.15, -0.1) is 0 Å². The van der Waals surface area contributed by atoms with Gasteiger partial charge in [0.2, 0.25) is 0 Å². The second-order valence-electron chi connectivity index (χ2n) is 5.09. The molecule has 88 valence electrons. The van der Waals surface area contributed by atoms with Gasteiger partial charge in [-0.3, -0.25) is 0 Å². The Morgan fingerprint density at radius 3 is 2.69 bits per heavy atom. The largest absolute Gasteiger partial charge is 0.448 e. The molecule has 1 aromatic heterocycles. The molecule has 3 nitrogen and oxygen atoms in total. The van der Waals surface area contributed by atoms with Crippen LogP contribution >= 0.6 is 0 Å². The van der Waals surface area contributed by atoms with Gasteiger partial charge in [0, 0.05) is 5.92 Å². The third kappa shape index (κ3) is 2.01. The fraction of sp³-hybridized carbons (Fsp3) is 0.769. The standard InChI is InChI=1S/C13H20N2O/c1-2-6-10(5-1)13-15-12(9-16-13)11-7-3-4-8-14-11/h9-11,14H,1-8H2. The summed E-state index contributed by atoms with van der Waals surface area (Å²) in [5.74, 6) is 1.58. The zero-order chi connectivity index (χ0) is 10.8. The lowest BCUT2D eigenvalue weighted by Crippen LogP contribution is -2.27. The van der Waals surface area contributed by atoms with Gasteiger partial charge in [-0.05, 0) is 32.2 Å². The first kappa shape index (κ1) is 10.3. The Hall–Kier alpha value is -0.830. The first-order valence-electron chi connectivity index (χ1n) is 6.62. The number of aromatic nitrogens is 1. The number of piperidine rings is 1. The summed E-state index contributed by atoms with van der Waals surface area (Å²) in [5, 5.41) is 3.52. The predicted molar refractivity (Wildman–Crippen MR) is 62.3 cm³/mol. The molecule has 2 heterocycles. The molecule has 3 heteroatoms. The van der Waals surface area contributed by atoms with Crippen molar-refractivity contribution >= 4 is 0 Å². The summed E-state index contributed by atoms with van der Waals surface area (Å²) in [6.45, 7) is 1.12. The van der Waals surface area contributed by atoms with E-state index in [0.29, 0.717) is 12.0 Å². The fourth-order valence-corrected chi connectivity index (χ4v) is 2.93. The van der Waals surface area contributed by atoms with Crippen LogP contribution in [0.25, 0.3) is 0 Å². The number of nitrogens with zero attached hydrogens (tertiary/aromatic N) is 1. The van der Waals surface area contributed by atoms with Crippen LogP contribution in [0, 0.1) is 0 Å². The SMILES string of the molecule is c1oc(C2CCCC2)nc1C1CCCCN1. The van der Waals surface area contributed by atoms with Crippen molar-refractivity contribution in [3.63, 3.8) is 0 Å². The minimum Gasteiger partial charge on any atom is -0.448 e. The van der Waals surface area contributed by atoms with Crippen LogP contribution in [0.15, 0.2) is 10.7 Å².